The largest absolute Gasteiger partial charge is 0.461 e. The van der Waals surface area contributed by atoms with E-state index in [1.165, 1.54) is 6.08 Å². The van der Waals surface area contributed by atoms with Crippen LogP contribution in [0, 0.1) is 11.8 Å². The monoisotopic (exact) mass is 461 g/mol. The minimum absolute atomic E-state index is 0.0275. The second-order valence-corrected chi connectivity index (χ2v) is 9.73. The Morgan fingerprint density at radius 1 is 1.24 bits per heavy atom. The van der Waals surface area contributed by atoms with Crippen molar-refractivity contribution in [3.05, 3.63) is 35.7 Å². The van der Waals surface area contributed by atoms with E-state index >= 15 is 0 Å². The Morgan fingerprint density at radius 3 is 2.61 bits per heavy atom. The van der Waals surface area contributed by atoms with Crippen molar-refractivity contribution < 1.29 is 23.9 Å². The summed E-state index contributed by atoms with van der Waals surface area (Å²) in [5.41, 5.74) is 3.09. The predicted molar refractivity (Wildman–Crippen MR) is 127 cm³/mol. The third kappa shape index (κ3) is 10.0. The van der Waals surface area contributed by atoms with Gasteiger partial charge >= 0.3 is 5.97 Å². The van der Waals surface area contributed by atoms with Crippen LogP contribution in [0.3, 0.4) is 0 Å². The second kappa shape index (κ2) is 12.8. The van der Waals surface area contributed by atoms with Crippen molar-refractivity contribution in [3.63, 3.8) is 0 Å². The third-order valence-corrected chi connectivity index (χ3v) is 5.41. The number of rotatable bonds is 12. The fraction of sp³-hybridized carbons (Fsp3) is 0.640. The molecule has 3 unspecified atom stereocenters. The van der Waals surface area contributed by atoms with E-state index in [9.17, 15) is 9.59 Å². The number of esters is 1. The lowest BCUT2D eigenvalue weighted by Gasteiger charge is -2.26. The van der Waals surface area contributed by atoms with Gasteiger partial charge in [-0.25, -0.2) is 10.3 Å². The molecule has 1 aromatic heterocycles. The van der Waals surface area contributed by atoms with Crippen molar-refractivity contribution in [1.82, 2.24) is 15.8 Å². The first-order valence-corrected chi connectivity index (χ1v) is 11.7. The Labute approximate surface area is 197 Å². The molecule has 1 amide bonds. The summed E-state index contributed by atoms with van der Waals surface area (Å²) >= 11 is 0. The van der Waals surface area contributed by atoms with Gasteiger partial charge in [0, 0.05) is 18.8 Å². The highest BCUT2D eigenvalue weighted by molar-refractivity contribution is 5.90. The van der Waals surface area contributed by atoms with Gasteiger partial charge in [-0.05, 0) is 69.6 Å². The van der Waals surface area contributed by atoms with Gasteiger partial charge in [-0.15, -0.1) is 0 Å². The molecule has 2 rings (SSSR count). The minimum atomic E-state index is -0.793. The fourth-order valence-electron chi connectivity index (χ4n) is 3.29. The summed E-state index contributed by atoms with van der Waals surface area (Å²) in [6, 6.07) is 3.71. The normalized spacial score (nSPS) is 19.7. The van der Waals surface area contributed by atoms with Gasteiger partial charge in [-0.3, -0.25) is 19.9 Å². The molecule has 0 spiro atoms. The first kappa shape index (κ1) is 27.0. The van der Waals surface area contributed by atoms with Crippen molar-refractivity contribution in [2.45, 2.75) is 85.3 Å². The van der Waals surface area contributed by atoms with Gasteiger partial charge in [-0.2, -0.15) is 0 Å². The summed E-state index contributed by atoms with van der Waals surface area (Å²) < 4.78 is 11.1. The highest BCUT2D eigenvalue weighted by atomic mass is 16.8. The predicted octanol–water partition coefficient (Wildman–Crippen LogP) is 3.76. The van der Waals surface area contributed by atoms with Crippen LogP contribution < -0.4 is 10.8 Å². The van der Waals surface area contributed by atoms with Crippen LogP contribution in [0.2, 0.25) is 0 Å². The lowest BCUT2D eigenvalue weighted by atomic mass is 10.1. The maximum atomic E-state index is 12.5. The molecule has 33 heavy (non-hydrogen) atoms. The Balaban J connectivity index is 1.75. The van der Waals surface area contributed by atoms with Crippen LogP contribution in [0.4, 0.5) is 0 Å². The molecule has 1 aliphatic carbocycles. The zero-order valence-electron chi connectivity index (χ0n) is 20.7. The van der Waals surface area contributed by atoms with Crippen molar-refractivity contribution in [2.75, 3.05) is 6.61 Å². The molecule has 0 aliphatic heterocycles. The first-order valence-electron chi connectivity index (χ1n) is 11.7. The van der Waals surface area contributed by atoms with Gasteiger partial charge in [-0.1, -0.05) is 26.8 Å². The number of nitrogens with one attached hydrogen (secondary N) is 2. The fourth-order valence-corrected chi connectivity index (χ4v) is 3.29. The van der Waals surface area contributed by atoms with Crippen LogP contribution in [0.25, 0.3) is 6.08 Å². The van der Waals surface area contributed by atoms with Crippen LogP contribution in [0.1, 0.15) is 72.1 Å². The number of hydrogen-bond donors (Lipinski definition) is 2. The van der Waals surface area contributed by atoms with Crippen molar-refractivity contribution in [1.29, 1.82) is 0 Å². The molecule has 2 N–H and O–H groups in total. The van der Waals surface area contributed by atoms with Gasteiger partial charge in [0.25, 0.3) is 5.91 Å². The molecular formula is C25H39N3O5. The maximum absolute atomic E-state index is 12.5. The van der Waals surface area contributed by atoms with E-state index in [0.717, 1.165) is 24.8 Å². The van der Waals surface area contributed by atoms with E-state index in [0.29, 0.717) is 30.7 Å². The van der Waals surface area contributed by atoms with Gasteiger partial charge in [0.2, 0.25) is 0 Å². The molecule has 8 nitrogen and oxygen atoms in total. The summed E-state index contributed by atoms with van der Waals surface area (Å²) in [6.07, 6.45) is 7.14. The Morgan fingerprint density at radius 2 is 2.00 bits per heavy atom. The molecular weight excluding hydrogens is 422 g/mol. The zero-order chi connectivity index (χ0) is 24.4. The third-order valence-electron chi connectivity index (χ3n) is 5.41. The van der Waals surface area contributed by atoms with Gasteiger partial charge in [0.1, 0.15) is 11.6 Å². The van der Waals surface area contributed by atoms with Gasteiger partial charge < -0.3 is 9.47 Å². The van der Waals surface area contributed by atoms with E-state index in [1.807, 2.05) is 33.8 Å². The molecule has 1 saturated carbocycles. The van der Waals surface area contributed by atoms with Gasteiger partial charge in [0.15, 0.2) is 6.29 Å². The summed E-state index contributed by atoms with van der Waals surface area (Å²) in [5, 5.41) is 3.25. The summed E-state index contributed by atoms with van der Waals surface area (Å²) in [4.78, 5) is 33.9. The maximum Gasteiger partial charge on any atom is 0.326 e. The SMILES string of the molecule is CC(C)COC(C)ONC(=O)C=Cc1ccc(CNC(C)(C)C(=O)OC2CCC(C)C2)cn1. The number of aromatic nitrogens is 1. The standard InChI is InChI=1S/C25H39N3O5/c1-17(2)16-31-19(4)33-28-23(29)12-10-21-9-8-20(14-26-21)15-27-25(5,6)24(30)32-22-11-7-18(3)13-22/h8-10,12,14,17-19,22,27H,7,11,13,15-16H2,1-6H3,(H,28,29). The van der Waals surface area contributed by atoms with E-state index in [4.69, 9.17) is 14.3 Å². The van der Waals surface area contributed by atoms with Crippen molar-refractivity contribution in [3.8, 4) is 0 Å². The second-order valence-electron chi connectivity index (χ2n) is 9.73. The molecule has 0 aromatic carbocycles. The number of hydroxylamine groups is 1. The van der Waals surface area contributed by atoms with Crippen LogP contribution in [0.15, 0.2) is 24.4 Å². The number of nitrogens with zero attached hydrogens (tertiary/aromatic N) is 1. The summed E-state index contributed by atoms with van der Waals surface area (Å²) in [5.74, 6) is 0.366. The summed E-state index contributed by atoms with van der Waals surface area (Å²) in [7, 11) is 0. The lowest BCUT2D eigenvalue weighted by Crippen LogP contribution is -2.48. The molecule has 1 heterocycles. The Bertz CT molecular complexity index is 792. The van der Waals surface area contributed by atoms with E-state index < -0.39 is 17.7 Å². The molecule has 0 bridgehead atoms. The van der Waals surface area contributed by atoms with Gasteiger partial charge in [0.05, 0.1) is 12.3 Å². The van der Waals surface area contributed by atoms with Crippen LogP contribution >= 0.6 is 0 Å². The lowest BCUT2D eigenvalue weighted by molar-refractivity contribution is -0.180. The molecule has 1 aromatic rings. The van der Waals surface area contributed by atoms with Crippen molar-refractivity contribution >= 4 is 18.0 Å². The number of ether oxygens (including phenoxy) is 2. The smallest absolute Gasteiger partial charge is 0.326 e. The number of carbonyl (C=O) groups excluding carboxylic acids is 2. The first-order chi connectivity index (χ1) is 15.5. The number of amides is 1. The zero-order valence-corrected chi connectivity index (χ0v) is 20.7. The average molecular weight is 462 g/mol. The average Bonchev–Trinajstić information content (AvgIpc) is 3.18. The number of hydrogen-bond acceptors (Lipinski definition) is 7. The Hall–Kier alpha value is -2.29. The molecule has 8 heteroatoms. The molecule has 3 atom stereocenters. The molecule has 1 aliphatic rings. The highest BCUT2D eigenvalue weighted by Crippen LogP contribution is 2.28. The van der Waals surface area contributed by atoms with Crippen LogP contribution in [-0.4, -0.2) is 41.4 Å². The Kier molecular flexibility index (Phi) is 10.5. The summed E-state index contributed by atoms with van der Waals surface area (Å²) in [6.45, 7) is 12.7. The van der Waals surface area contributed by atoms with E-state index in [2.05, 4.69) is 22.7 Å². The van der Waals surface area contributed by atoms with E-state index in [-0.39, 0.29) is 12.1 Å². The molecule has 0 saturated heterocycles. The molecule has 184 valence electrons. The van der Waals surface area contributed by atoms with Crippen molar-refractivity contribution in [2.24, 2.45) is 11.8 Å². The highest BCUT2D eigenvalue weighted by Gasteiger charge is 2.33. The minimum Gasteiger partial charge on any atom is -0.461 e. The number of carbonyl (C=O) groups is 2. The topological polar surface area (TPSA) is 98.8 Å². The number of pyridine rings is 1. The van der Waals surface area contributed by atoms with Crippen LogP contribution in [0.5, 0.6) is 0 Å². The van der Waals surface area contributed by atoms with E-state index in [1.54, 1.807) is 25.3 Å². The quantitative estimate of drug-likeness (QED) is 0.212. The molecule has 1 fully saturated rings. The van der Waals surface area contributed by atoms with Crippen LogP contribution in [-0.2, 0) is 30.4 Å². The molecule has 0 radical (unpaired) electrons.